The summed E-state index contributed by atoms with van der Waals surface area (Å²) in [6, 6.07) is 5.28. The molecule has 0 aliphatic rings. The molecule has 0 fully saturated rings. The molecule has 0 bridgehead atoms. The van der Waals surface area contributed by atoms with Crippen LogP contribution in [0.1, 0.15) is 35.1 Å². The predicted octanol–water partition coefficient (Wildman–Crippen LogP) is 7.28. The average molecular weight is 529 g/mol. The summed E-state index contributed by atoms with van der Waals surface area (Å²) in [4.78, 5) is 0. The van der Waals surface area contributed by atoms with E-state index in [1.807, 2.05) is 0 Å². The summed E-state index contributed by atoms with van der Waals surface area (Å²) in [6.45, 7) is -0.593. The van der Waals surface area contributed by atoms with E-state index < -0.39 is 42.2 Å². The maximum Gasteiger partial charge on any atom is 0.267 e. The van der Waals surface area contributed by atoms with Crippen molar-refractivity contribution in [3.05, 3.63) is 67.1 Å². The molecule has 10 heteroatoms. The highest BCUT2D eigenvalue weighted by Gasteiger charge is 2.20. The zero-order valence-electron chi connectivity index (χ0n) is 12.7. The van der Waals surface area contributed by atoms with Crippen LogP contribution in [-0.4, -0.2) is 5.11 Å². The molecule has 0 amide bonds. The second-order valence-electron chi connectivity index (χ2n) is 4.76. The third-order valence-electron chi connectivity index (χ3n) is 3.20. The van der Waals surface area contributed by atoms with Crippen LogP contribution in [0.4, 0.5) is 26.3 Å². The first kappa shape index (κ1) is 23.3. The van der Waals surface area contributed by atoms with Gasteiger partial charge in [0.2, 0.25) is 0 Å². The predicted molar refractivity (Wildman–Crippen MR) is 93.6 cm³/mol. The van der Waals surface area contributed by atoms with Crippen molar-refractivity contribution in [2.24, 2.45) is 0 Å². The molecule has 26 heavy (non-hydrogen) atoms. The summed E-state index contributed by atoms with van der Waals surface area (Å²) in [6.07, 6.45) is -5.76. The zero-order valence-corrected chi connectivity index (χ0v) is 16.7. The molecule has 2 aromatic carbocycles. The SMILES string of the molecule is Fc1c(Br)ccc(CCl)c1C(F)F.OCc1ccc(Br)c(F)c1C(F)F. The molecule has 2 aromatic rings. The van der Waals surface area contributed by atoms with Gasteiger partial charge in [0, 0.05) is 5.88 Å². The fourth-order valence-corrected chi connectivity index (χ4v) is 2.86. The van der Waals surface area contributed by atoms with Crippen molar-refractivity contribution in [2.45, 2.75) is 25.3 Å². The Bertz CT molecular complexity index is 695. The van der Waals surface area contributed by atoms with Crippen molar-refractivity contribution in [3.8, 4) is 0 Å². The van der Waals surface area contributed by atoms with Gasteiger partial charge in [-0.05, 0) is 55.1 Å². The highest BCUT2D eigenvalue weighted by Crippen LogP contribution is 2.31. The van der Waals surface area contributed by atoms with Gasteiger partial charge in [0.1, 0.15) is 11.6 Å². The van der Waals surface area contributed by atoms with Crippen molar-refractivity contribution in [2.75, 3.05) is 0 Å². The van der Waals surface area contributed by atoms with E-state index in [1.54, 1.807) is 0 Å². The zero-order chi connectivity index (χ0) is 20.0. The molecule has 0 atom stereocenters. The minimum absolute atomic E-state index is 0.0247. The van der Waals surface area contributed by atoms with Crippen molar-refractivity contribution in [3.63, 3.8) is 0 Å². The van der Waals surface area contributed by atoms with Crippen LogP contribution in [0.15, 0.2) is 33.2 Å². The molecule has 1 N–H and O–H groups in total. The quantitative estimate of drug-likeness (QED) is 0.327. The van der Waals surface area contributed by atoms with E-state index in [0.717, 1.165) is 0 Å². The summed E-state index contributed by atoms with van der Waals surface area (Å²) in [5.41, 5.74) is -1.32. The standard InChI is InChI=1S/C8H5BrClF3.C8H6BrF3O/c9-5-2-1-4(3-10)6(7(5)11)8(12)13;9-5-2-1-4(3-13)6(7(5)10)8(11)12/h1-2,8H,3H2;1-2,8,13H,3H2. The number of aliphatic hydroxyl groups is 1. The third kappa shape index (κ3) is 5.61. The molecule has 0 aliphatic heterocycles. The first-order valence-electron chi connectivity index (χ1n) is 6.82. The Balaban J connectivity index is 0.000000260. The van der Waals surface area contributed by atoms with Crippen LogP contribution in [0.3, 0.4) is 0 Å². The summed E-state index contributed by atoms with van der Waals surface area (Å²) < 4.78 is 75.4. The number of alkyl halides is 5. The Morgan fingerprint density at radius 1 is 0.808 bits per heavy atom. The molecule has 0 spiro atoms. The number of aliphatic hydroxyl groups excluding tert-OH is 1. The van der Waals surface area contributed by atoms with E-state index in [4.69, 9.17) is 16.7 Å². The maximum atomic E-state index is 13.1. The van der Waals surface area contributed by atoms with Gasteiger partial charge in [0.25, 0.3) is 12.9 Å². The van der Waals surface area contributed by atoms with Crippen LogP contribution in [0.2, 0.25) is 0 Å². The average Bonchev–Trinajstić information content (AvgIpc) is 2.59. The van der Waals surface area contributed by atoms with E-state index in [1.165, 1.54) is 24.3 Å². The topological polar surface area (TPSA) is 20.2 Å². The van der Waals surface area contributed by atoms with Crippen LogP contribution in [0.25, 0.3) is 0 Å². The van der Waals surface area contributed by atoms with Gasteiger partial charge in [-0.15, -0.1) is 11.6 Å². The maximum absolute atomic E-state index is 13.1. The lowest BCUT2D eigenvalue weighted by Crippen LogP contribution is -1.99. The number of hydrogen-bond donors (Lipinski definition) is 1. The Morgan fingerprint density at radius 2 is 1.19 bits per heavy atom. The van der Waals surface area contributed by atoms with Gasteiger partial charge in [-0.1, -0.05) is 12.1 Å². The van der Waals surface area contributed by atoms with Crippen LogP contribution >= 0.6 is 43.5 Å². The highest BCUT2D eigenvalue weighted by molar-refractivity contribution is 9.10. The van der Waals surface area contributed by atoms with Crippen molar-refractivity contribution < 1.29 is 31.4 Å². The molecular formula is C16H11Br2ClF6O. The molecule has 0 saturated heterocycles. The Morgan fingerprint density at radius 3 is 1.54 bits per heavy atom. The summed E-state index contributed by atoms with van der Waals surface area (Å²) >= 11 is 11.0. The third-order valence-corrected chi connectivity index (χ3v) is 4.71. The molecule has 1 nitrogen and oxygen atoms in total. The Labute approximate surface area is 167 Å². The molecule has 0 saturated carbocycles. The van der Waals surface area contributed by atoms with Gasteiger partial charge >= 0.3 is 0 Å². The van der Waals surface area contributed by atoms with Gasteiger partial charge in [0.05, 0.1) is 26.7 Å². The van der Waals surface area contributed by atoms with E-state index in [-0.39, 0.29) is 26.0 Å². The van der Waals surface area contributed by atoms with Crippen molar-refractivity contribution in [1.82, 2.24) is 0 Å². The molecule has 0 heterocycles. The van der Waals surface area contributed by atoms with Gasteiger partial charge in [-0.3, -0.25) is 0 Å². The number of halogens is 9. The van der Waals surface area contributed by atoms with Crippen molar-refractivity contribution in [1.29, 1.82) is 0 Å². The van der Waals surface area contributed by atoms with Crippen LogP contribution in [0.5, 0.6) is 0 Å². The second-order valence-corrected chi connectivity index (χ2v) is 6.74. The summed E-state index contributed by atoms with van der Waals surface area (Å²) in [5.74, 6) is -2.07. The lowest BCUT2D eigenvalue weighted by atomic mass is 10.1. The van der Waals surface area contributed by atoms with Gasteiger partial charge < -0.3 is 5.11 Å². The van der Waals surface area contributed by atoms with Crippen LogP contribution < -0.4 is 0 Å². The molecule has 0 radical (unpaired) electrons. The molecule has 0 aliphatic carbocycles. The number of rotatable bonds is 4. The van der Waals surface area contributed by atoms with Crippen molar-refractivity contribution >= 4 is 43.5 Å². The van der Waals surface area contributed by atoms with Crippen LogP contribution in [-0.2, 0) is 12.5 Å². The van der Waals surface area contributed by atoms with E-state index in [2.05, 4.69) is 31.9 Å². The van der Waals surface area contributed by atoms with Gasteiger partial charge in [-0.2, -0.15) is 0 Å². The van der Waals surface area contributed by atoms with E-state index >= 15 is 0 Å². The minimum atomic E-state index is -2.92. The molecule has 0 aromatic heterocycles. The molecular weight excluding hydrogens is 517 g/mol. The summed E-state index contributed by atoms with van der Waals surface area (Å²) in [7, 11) is 0. The largest absolute Gasteiger partial charge is 0.392 e. The Kier molecular flexibility index (Phi) is 9.43. The second kappa shape index (κ2) is 10.5. The normalized spacial score (nSPS) is 10.9. The van der Waals surface area contributed by atoms with E-state index in [9.17, 15) is 26.3 Å². The lowest BCUT2D eigenvalue weighted by molar-refractivity contribution is 0.141. The lowest BCUT2D eigenvalue weighted by Gasteiger charge is -2.08. The minimum Gasteiger partial charge on any atom is -0.392 e. The van der Waals surface area contributed by atoms with E-state index in [0.29, 0.717) is 0 Å². The number of benzene rings is 2. The smallest absolute Gasteiger partial charge is 0.267 e. The first-order valence-corrected chi connectivity index (χ1v) is 8.94. The van der Waals surface area contributed by atoms with Gasteiger partial charge in [0.15, 0.2) is 0 Å². The monoisotopic (exact) mass is 526 g/mol. The van der Waals surface area contributed by atoms with Crippen LogP contribution in [0, 0.1) is 11.6 Å². The Hall–Kier alpha value is -0.770. The fraction of sp³-hybridized carbons (Fsp3) is 0.250. The fourth-order valence-electron chi connectivity index (χ4n) is 1.94. The molecule has 2 rings (SSSR count). The molecule has 0 unspecified atom stereocenters. The molecule has 144 valence electrons. The first-order chi connectivity index (χ1) is 12.1. The van der Waals surface area contributed by atoms with Gasteiger partial charge in [-0.25, -0.2) is 26.3 Å². The number of hydrogen-bond acceptors (Lipinski definition) is 1. The summed E-state index contributed by atoms with van der Waals surface area (Å²) in [5, 5.41) is 8.67. The highest BCUT2D eigenvalue weighted by atomic mass is 79.9.